The first kappa shape index (κ1) is 14.9. The Morgan fingerprint density at radius 1 is 1.14 bits per heavy atom. The zero-order chi connectivity index (χ0) is 15.5. The van der Waals surface area contributed by atoms with E-state index in [0.29, 0.717) is 9.79 Å². The molecule has 0 radical (unpaired) electrons. The number of benzene rings is 2. The number of aryl methyl sites for hydroxylation is 1. The van der Waals surface area contributed by atoms with E-state index in [0.717, 1.165) is 29.1 Å². The minimum Gasteiger partial charge on any atom is -0.332 e. The third kappa shape index (κ3) is 2.93. The van der Waals surface area contributed by atoms with Crippen LogP contribution in [-0.2, 0) is 6.42 Å². The third-order valence-corrected chi connectivity index (χ3v) is 3.96. The summed E-state index contributed by atoms with van der Waals surface area (Å²) >= 11 is 11.5. The van der Waals surface area contributed by atoms with Crippen molar-refractivity contribution in [2.45, 2.75) is 13.3 Å². The molecule has 0 spiro atoms. The van der Waals surface area contributed by atoms with Crippen LogP contribution in [0.15, 0.2) is 54.6 Å². The van der Waals surface area contributed by atoms with Crippen molar-refractivity contribution in [2.75, 3.05) is 5.43 Å². The zero-order valence-corrected chi connectivity index (χ0v) is 13.7. The zero-order valence-electron chi connectivity index (χ0n) is 12.1. The summed E-state index contributed by atoms with van der Waals surface area (Å²) in [5, 5.41) is 0.684. The molecule has 1 heterocycles. The number of nitrogens with zero attached hydrogens (tertiary/aromatic N) is 1. The molecule has 2 N–H and O–H groups in total. The monoisotopic (exact) mass is 329 g/mol. The van der Waals surface area contributed by atoms with Gasteiger partial charge in [0.05, 0.1) is 11.4 Å². The van der Waals surface area contributed by atoms with Crippen molar-refractivity contribution in [1.29, 1.82) is 0 Å². The normalized spacial score (nSPS) is 10.6. The Hall–Kier alpha value is -2.04. The molecule has 0 aliphatic carbocycles. The van der Waals surface area contributed by atoms with E-state index < -0.39 is 0 Å². The quantitative estimate of drug-likeness (QED) is 0.636. The van der Waals surface area contributed by atoms with Crippen LogP contribution in [0.3, 0.4) is 0 Å². The smallest absolute Gasteiger partial charge is 0.197 e. The van der Waals surface area contributed by atoms with Crippen LogP contribution in [-0.4, -0.2) is 9.66 Å². The van der Waals surface area contributed by atoms with E-state index in [2.05, 4.69) is 29.5 Å². The number of hydrogen-bond acceptors (Lipinski definition) is 2. The standard InChI is InChI=1S/C17H16ClN3S/c1-2-15-16(12-7-4-3-5-8-12)21(17(22)19-15)20-14-10-6-9-13(18)11-14/h3-11,20H,2H2,1H3,(H,19,22). The summed E-state index contributed by atoms with van der Waals surface area (Å²) in [6, 6.07) is 17.8. The van der Waals surface area contributed by atoms with Gasteiger partial charge in [-0.3, -0.25) is 5.43 Å². The second-order valence-electron chi connectivity index (χ2n) is 4.93. The van der Waals surface area contributed by atoms with Crippen molar-refractivity contribution in [3.05, 3.63) is 70.1 Å². The molecule has 3 aromatic rings. The highest BCUT2D eigenvalue weighted by Crippen LogP contribution is 2.25. The minimum atomic E-state index is 0.635. The summed E-state index contributed by atoms with van der Waals surface area (Å²) < 4.78 is 2.53. The number of hydrogen-bond donors (Lipinski definition) is 2. The largest absolute Gasteiger partial charge is 0.332 e. The Morgan fingerprint density at radius 3 is 2.59 bits per heavy atom. The fourth-order valence-corrected chi connectivity index (χ4v) is 2.88. The Labute approximate surface area is 139 Å². The van der Waals surface area contributed by atoms with Gasteiger partial charge in [0, 0.05) is 16.3 Å². The molecular weight excluding hydrogens is 314 g/mol. The highest BCUT2D eigenvalue weighted by atomic mass is 35.5. The van der Waals surface area contributed by atoms with Gasteiger partial charge in [-0.2, -0.15) is 0 Å². The SMILES string of the molecule is CCc1[nH]c(=S)n(Nc2cccc(Cl)c2)c1-c1ccccc1. The van der Waals surface area contributed by atoms with Crippen LogP contribution in [0.2, 0.25) is 5.02 Å². The highest BCUT2D eigenvalue weighted by Gasteiger charge is 2.13. The van der Waals surface area contributed by atoms with E-state index in [1.807, 2.05) is 47.1 Å². The van der Waals surface area contributed by atoms with Gasteiger partial charge in [0.2, 0.25) is 0 Å². The molecular formula is C17H16ClN3S. The number of imidazole rings is 1. The van der Waals surface area contributed by atoms with Gasteiger partial charge >= 0.3 is 0 Å². The van der Waals surface area contributed by atoms with Crippen molar-refractivity contribution in [3.8, 4) is 11.3 Å². The maximum absolute atomic E-state index is 6.06. The Bertz CT molecular complexity index is 837. The molecule has 0 saturated heterocycles. The first-order chi connectivity index (χ1) is 10.7. The number of H-pyrrole nitrogens is 1. The van der Waals surface area contributed by atoms with E-state index in [9.17, 15) is 0 Å². The predicted molar refractivity (Wildman–Crippen MR) is 94.9 cm³/mol. The molecule has 0 fully saturated rings. The van der Waals surface area contributed by atoms with E-state index in [1.165, 1.54) is 0 Å². The van der Waals surface area contributed by atoms with Gasteiger partial charge < -0.3 is 4.98 Å². The van der Waals surface area contributed by atoms with E-state index in [1.54, 1.807) is 0 Å². The average Bonchev–Trinajstić information content (AvgIpc) is 2.84. The van der Waals surface area contributed by atoms with Crippen molar-refractivity contribution in [2.24, 2.45) is 0 Å². The Balaban J connectivity index is 2.11. The van der Waals surface area contributed by atoms with E-state index >= 15 is 0 Å². The fourth-order valence-electron chi connectivity index (χ4n) is 2.43. The highest BCUT2D eigenvalue weighted by molar-refractivity contribution is 7.71. The number of halogens is 1. The van der Waals surface area contributed by atoms with E-state index in [4.69, 9.17) is 23.8 Å². The van der Waals surface area contributed by atoms with Crippen LogP contribution in [0.25, 0.3) is 11.3 Å². The van der Waals surface area contributed by atoms with Crippen molar-refractivity contribution in [3.63, 3.8) is 0 Å². The molecule has 0 saturated carbocycles. The van der Waals surface area contributed by atoms with Crippen LogP contribution < -0.4 is 5.43 Å². The van der Waals surface area contributed by atoms with Crippen molar-refractivity contribution < 1.29 is 0 Å². The summed E-state index contributed by atoms with van der Waals surface area (Å²) in [7, 11) is 0. The molecule has 5 heteroatoms. The number of aromatic amines is 1. The molecule has 22 heavy (non-hydrogen) atoms. The van der Waals surface area contributed by atoms with Gasteiger partial charge in [0.25, 0.3) is 0 Å². The van der Waals surface area contributed by atoms with Gasteiger partial charge in [0.1, 0.15) is 0 Å². The number of anilines is 1. The third-order valence-electron chi connectivity index (χ3n) is 3.44. The van der Waals surface area contributed by atoms with Crippen molar-refractivity contribution in [1.82, 2.24) is 9.66 Å². The molecule has 0 aliphatic heterocycles. The van der Waals surface area contributed by atoms with Gasteiger partial charge in [-0.25, -0.2) is 4.68 Å². The molecule has 1 aromatic heterocycles. The summed E-state index contributed by atoms with van der Waals surface area (Å²) in [4.78, 5) is 3.28. The minimum absolute atomic E-state index is 0.635. The predicted octanol–water partition coefficient (Wildman–Crippen LogP) is 5.30. The lowest BCUT2D eigenvalue weighted by Gasteiger charge is -2.13. The van der Waals surface area contributed by atoms with Crippen LogP contribution >= 0.6 is 23.8 Å². The van der Waals surface area contributed by atoms with Gasteiger partial charge in [-0.05, 0) is 36.8 Å². The number of aromatic nitrogens is 2. The molecule has 3 rings (SSSR count). The molecule has 2 aromatic carbocycles. The summed E-state index contributed by atoms with van der Waals surface area (Å²) in [6.07, 6.45) is 0.873. The van der Waals surface area contributed by atoms with Crippen LogP contribution in [0.4, 0.5) is 5.69 Å². The van der Waals surface area contributed by atoms with Gasteiger partial charge in [0.15, 0.2) is 4.77 Å². The summed E-state index contributed by atoms with van der Waals surface area (Å²) in [6.45, 7) is 2.11. The number of rotatable bonds is 4. The molecule has 0 atom stereocenters. The Kier molecular flexibility index (Phi) is 4.32. The lowest BCUT2D eigenvalue weighted by molar-refractivity contribution is 0.942. The first-order valence-corrected chi connectivity index (χ1v) is 7.89. The lowest BCUT2D eigenvalue weighted by Crippen LogP contribution is -2.11. The molecule has 0 unspecified atom stereocenters. The molecule has 0 amide bonds. The Morgan fingerprint density at radius 2 is 1.91 bits per heavy atom. The second-order valence-corrected chi connectivity index (χ2v) is 5.76. The molecule has 0 bridgehead atoms. The second kappa shape index (κ2) is 6.38. The van der Waals surface area contributed by atoms with Gasteiger partial charge in [-0.1, -0.05) is 54.9 Å². The first-order valence-electron chi connectivity index (χ1n) is 7.11. The van der Waals surface area contributed by atoms with Gasteiger partial charge in [-0.15, -0.1) is 0 Å². The van der Waals surface area contributed by atoms with Crippen molar-refractivity contribution >= 4 is 29.5 Å². The summed E-state index contributed by atoms with van der Waals surface area (Å²) in [5.41, 5.74) is 7.49. The van der Waals surface area contributed by atoms with Crippen LogP contribution in [0.1, 0.15) is 12.6 Å². The van der Waals surface area contributed by atoms with Crippen LogP contribution in [0.5, 0.6) is 0 Å². The summed E-state index contributed by atoms with van der Waals surface area (Å²) in [5.74, 6) is 0. The average molecular weight is 330 g/mol. The fraction of sp³-hybridized carbons (Fsp3) is 0.118. The van der Waals surface area contributed by atoms with Crippen LogP contribution in [0, 0.1) is 4.77 Å². The molecule has 112 valence electrons. The van der Waals surface area contributed by atoms with E-state index in [-0.39, 0.29) is 0 Å². The molecule has 3 nitrogen and oxygen atoms in total. The maximum Gasteiger partial charge on any atom is 0.197 e. The topological polar surface area (TPSA) is 32.8 Å². The molecule has 0 aliphatic rings. The maximum atomic E-state index is 6.06. The number of nitrogens with one attached hydrogen (secondary N) is 2. The lowest BCUT2D eigenvalue weighted by atomic mass is 10.1.